The first-order valence-corrected chi connectivity index (χ1v) is 12.1. The van der Waals surface area contributed by atoms with Crippen LogP contribution in [0, 0.1) is 10.1 Å². The van der Waals surface area contributed by atoms with E-state index in [0.29, 0.717) is 32.1 Å². The molecule has 11 nitrogen and oxygen atoms in total. The van der Waals surface area contributed by atoms with E-state index in [4.69, 9.17) is 9.84 Å². The number of nitrogens with zero attached hydrogens (tertiary/aromatic N) is 7. The lowest BCUT2D eigenvalue weighted by atomic mass is 10.1. The van der Waals surface area contributed by atoms with Crippen molar-refractivity contribution in [1.82, 2.24) is 29.4 Å². The number of aromatic nitrogens is 6. The van der Waals surface area contributed by atoms with Crippen LogP contribution in [0.4, 0.5) is 5.69 Å². The first-order valence-electron chi connectivity index (χ1n) is 11.3. The summed E-state index contributed by atoms with van der Waals surface area (Å²) in [5.74, 6) is 0.578. The lowest BCUT2D eigenvalue weighted by molar-refractivity contribution is -0.385. The number of thiazole rings is 1. The van der Waals surface area contributed by atoms with Crippen LogP contribution in [0.25, 0.3) is 39.4 Å². The number of ether oxygens (including phenoxy) is 1. The molecule has 186 valence electrons. The molecule has 6 aromatic rings. The Morgan fingerprint density at radius 2 is 1.82 bits per heavy atom. The Labute approximate surface area is 218 Å². The molecule has 2 aromatic carbocycles. The maximum atomic E-state index is 13.2. The zero-order chi connectivity index (χ0) is 26.2. The smallest absolute Gasteiger partial charge is 0.311 e. The lowest BCUT2D eigenvalue weighted by Gasteiger charge is -2.04. The summed E-state index contributed by atoms with van der Waals surface area (Å²) in [5, 5.41) is 20.7. The molecular weight excluding hydrogens is 506 g/mol. The summed E-state index contributed by atoms with van der Waals surface area (Å²) in [6.07, 6.45) is 6.75. The van der Waals surface area contributed by atoms with E-state index in [1.165, 1.54) is 35.1 Å². The largest absolute Gasteiger partial charge is 0.490 e. The van der Waals surface area contributed by atoms with Gasteiger partial charge in [0.25, 0.3) is 5.56 Å². The molecule has 0 amide bonds. The second kappa shape index (κ2) is 9.33. The van der Waals surface area contributed by atoms with Gasteiger partial charge < -0.3 is 4.74 Å². The quantitative estimate of drug-likeness (QED) is 0.239. The van der Waals surface area contributed by atoms with Gasteiger partial charge in [-0.05, 0) is 42.5 Å². The van der Waals surface area contributed by atoms with Crippen LogP contribution in [0.15, 0.2) is 84.0 Å². The van der Waals surface area contributed by atoms with E-state index < -0.39 is 4.92 Å². The van der Waals surface area contributed by atoms with Crippen molar-refractivity contribution in [2.45, 2.75) is 0 Å². The third-order valence-electron chi connectivity index (χ3n) is 5.82. The number of rotatable bonds is 6. The number of methoxy groups -OCH3 is 1. The van der Waals surface area contributed by atoms with Crippen molar-refractivity contribution in [2.75, 3.05) is 7.11 Å². The van der Waals surface area contributed by atoms with Gasteiger partial charge in [0, 0.05) is 41.3 Å². The van der Waals surface area contributed by atoms with Gasteiger partial charge in [0.1, 0.15) is 5.69 Å². The van der Waals surface area contributed by atoms with Crippen molar-refractivity contribution >= 4 is 28.1 Å². The number of para-hydroxylation sites is 1. The van der Waals surface area contributed by atoms with E-state index in [2.05, 4.69) is 15.1 Å². The number of benzene rings is 2. The number of nitro benzene ring substituents is 1. The minimum atomic E-state index is -0.504. The van der Waals surface area contributed by atoms with E-state index in [1.807, 2.05) is 30.3 Å². The fraction of sp³-hybridized carbons (Fsp3) is 0.0385. The number of nitro groups is 1. The topological polar surface area (TPSA) is 130 Å². The number of pyridine rings is 1. The third-order valence-corrected chi connectivity index (χ3v) is 6.78. The highest BCUT2D eigenvalue weighted by Gasteiger charge is 2.20. The van der Waals surface area contributed by atoms with Crippen molar-refractivity contribution in [1.29, 1.82) is 0 Å². The average Bonchev–Trinajstić information content (AvgIpc) is 3.64. The molecule has 0 bridgehead atoms. The van der Waals surface area contributed by atoms with Crippen LogP contribution in [-0.2, 0) is 0 Å². The molecule has 6 rings (SSSR count). The van der Waals surface area contributed by atoms with Crippen LogP contribution in [-0.4, -0.2) is 41.4 Å². The van der Waals surface area contributed by atoms with Crippen molar-refractivity contribution in [3.8, 4) is 34.1 Å². The predicted octanol–water partition coefficient (Wildman–Crippen LogP) is 3.53. The summed E-state index contributed by atoms with van der Waals surface area (Å²) in [7, 11) is 1.38. The standard InChI is InChI=1S/C26H17N7O4S/c1-37-21-8-7-17(13-20(21)33(35)36)23-18(15-31(29-23)19-5-3-2-4-6-19)14-22-25(34)32-26(38-22)28-24(30-32)16-9-11-27-12-10-16/h2-15H,1H3/b22-14-. The van der Waals surface area contributed by atoms with E-state index >= 15 is 0 Å². The van der Waals surface area contributed by atoms with Gasteiger partial charge in [-0.3, -0.25) is 19.9 Å². The molecule has 0 radical (unpaired) electrons. The fourth-order valence-corrected chi connectivity index (χ4v) is 4.91. The highest BCUT2D eigenvalue weighted by atomic mass is 32.1. The molecule has 0 fully saturated rings. The third kappa shape index (κ3) is 4.08. The maximum absolute atomic E-state index is 13.2. The summed E-state index contributed by atoms with van der Waals surface area (Å²) in [6.45, 7) is 0. The number of fused-ring (bicyclic) bond motifs is 1. The minimum absolute atomic E-state index is 0.143. The van der Waals surface area contributed by atoms with Gasteiger partial charge in [-0.15, -0.1) is 5.10 Å². The molecule has 0 aliphatic carbocycles. The molecule has 4 heterocycles. The van der Waals surface area contributed by atoms with Crippen LogP contribution < -0.4 is 14.8 Å². The predicted molar refractivity (Wildman–Crippen MR) is 141 cm³/mol. The molecule has 0 aliphatic heterocycles. The average molecular weight is 524 g/mol. The lowest BCUT2D eigenvalue weighted by Crippen LogP contribution is -2.23. The molecule has 38 heavy (non-hydrogen) atoms. The Bertz CT molecular complexity index is 1910. The summed E-state index contributed by atoms with van der Waals surface area (Å²) in [5.41, 5.74) is 2.62. The van der Waals surface area contributed by atoms with Gasteiger partial charge in [0.15, 0.2) is 11.6 Å². The molecular formula is C26H17N7O4S. The van der Waals surface area contributed by atoms with Gasteiger partial charge in [-0.25, -0.2) is 4.68 Å². The summed E-state index contributed by atoms with van der Waals surface area (Å²) in [6, 6.07) is 17.6. The van der Waals surface area contributed by atoms with Gasteiger partial charge in [-0.2, -0.15) is 14.6 Å². The Kier molecular flexibility index (Phi) is 5.69. The monoisotopic (exact) mass is 523 g/mol. The first-order chi connectivity index (χ1) is 18.5. The maximum Gasteiger partial charge on any atom is 0.311 e. The normalized spacial score (nSPS) is 11.8. The molecule has 4 aromatic heterocycles. The highest BCUT2D eigenvalue weighted by molar-refractivity contribution is 7.15. The Morgan fingerprint density at radius 3 is 2.53 bits per heavy atom. The van der Waals surface area contributed by atoms with Crippen LogP contribution in [0.1, 0.15) is 5.56 Å². The second-order valence-corrected chi connectivity index (χ2v) is 9.15. The van der Waals surface area contributed by atoms with Crippen molar-refractivity contribution in [2.24, 2.45) is 0 Å². The Morgan fingerprint density at radius 1 is 1.03 bits per heavy atom. The van der Waals surface area contributed by atoms with Crippen molar-refractivity contribution in [3.05, 3.63) is 110 Å². The Balaban J connectivity index is 1.51. The van der Waals surface area contributed by atoms with Gasteiger partial charge in [0.2, 0.25) is 4.96 Å². The zero-order valence-corrected chi connectivity index (χ0v) is 20.6. The van der Waals surface area contributed by atoms with E-state index in [1.54, 1.807) is 47.5 Å². The molecule has 0 unspecified atom stereocenters. The number of hydrogen-bond donors (Lipinski definition) is 0. The summed E-state index contributed by atoms with van der Waals surface area (Å²) < 4.78 is 8.48. The van der Waals surface area contributed by atoms with Gasteiger partial charge in [-0.1, -0.05) is 29.5 Å². The molecule has 0 atom stereocenters. The van der Waals surface area contributed by atoms with E-state index in [9.17, 15) is 14.9 Å². The van der Waals surface area contributed by atoms with Crippen LogP contribution in [0.2, 0.25) is 0 Å². The first kappa shape index (κ1) is 23.2. The van der Waals surface area contributed by atoms with Crippen molar-refractivity contribution in [3.63, 3.8) is 0 Å². The second-order valence-electron chi connectivity index (χ2n) is 8.14. The SMILES string of the molecule is COc1ccc(-c2nn(-c3ccccc3)cc2/C=c2\sc3nc(-c4ccncc4)nn3c2=O)cc1[N+](=O)[O-]. The van der Waals surface area contributed by atoms with Crippen LogP contribution in [0.3, 0.4) is 0 Å². The van der Waals surface area contributed by atoms with Crippen LogP contribution in [0.5, 0.6) is 5.75 Å². The van der Waals surface area contributed by atoms with Gasteiger partial charge in [0.05, 0.1) is 22.3 Å². The Hall–Kier alpha value is -5.23. The fourth-order valence-electron chi connectivity index (χ4n) is 4.01. The number of hydrogen-bond acceptors (Lipinski definition) is 9. The molecule has 0 aliphatic rings. The van der Waals surface area contributed by atoms with E-state index in [0.717, 1.165) is 11.3 Å². The molecule has 0 saturated heterocycles. The van der Waals surface area contributed by atoms with Crippen LogP contribution >= 0.6 is 11.3 Å². The highest BCUT2D eigenvalue weighted by Crippen LogP contribution is 2.33. The molecule has 0 spiro atoms. The summed E-state index contributed by atoms with van der Waals surface area (Å²) in [4.78, 5) is 33.3. The van der Waals surface area contributed by atoms with E-state index in [-0.39, 0.29) is 17.0 Å². The summed E-state index contributed by atoms with van der Waals surface area (Å²) >= 11 is 1.20. The minimum Gasteiger partial charge on any atom is -0.490 e. The molecule has 12 heteroatoms. The van der Waals surface area contributed by atoms with Crippen molar-refractivity contribution < 1.29 is 9.66 Å². The molecule has 0 N–H and O–H groups in total. The van der Waals surface area contributed by atoms with Gasteiger partial charge >= 0.3 is 5.69 Å². The zero-order valence-electron chi connectivity index (χ0n) is 19.8. The molecule has 0 saturated carbocycles.